The Labute approximate surface area is 118 Å². The molecule has 1 amide bonds. The largest absolute Gasteiger partial charge is 0.464 e. The topological polar surface area (TPSA) is 119 Å². The maximum Gasteiger partial charge on any atom is 0.332 e. The fourth-order valence-electron chi connectivity index (χ4n) is 2.05. The second kappa shape index (κ2) is 7.00. The van der Waals surface area contributed by atoms with Crippen LogP contribution in [0, 0.1) is 0 Å². The van der Waals surface area contributed by atoms with Crippen LogP contribution in [-0.4, -0.2) is 63.2 Å². The van der Waals surface area contributed by atoms with Gasteiger partial charge >= 0.3 is 5.97 Å². The molecule has 20 heavy (non-hydrogen) atoms. The average Bonchev–Trinajstić information content (AvgIpc) is 2.36. The van der Waals surface area contributed by atoms with Crippen molar-refractivity contribution in [3.05, 3.63) is 0 Å². The molecule has 116 valence electrons. The number of hydrogen-bond donors (Lipinski definition) is 2. The molecule has 1 rings (SSSR count). The molecule has 1 aliphatic heterocycles. The molecule has 1 fully saturated rings. The second-order valence-electron chi connectivity index (χ2n) is 4.72. The number of nitrogens with one attached hydrogen (secondary N) is 1. The Morgan fingerprint density at radius 2 is 1.95 bits per heavy atom. The Kier molecular flexibility index (Phi) is 5.90. The van der Waals surface area contributed by atoms with Crippen LogP contribution < -0.4 is 10.5 Å². The summed E-state index contributed by atoms with van der Waals surface area (Å²) < 4.78 is 29.4. The van der Waals surface area contributed by atoms with E-state index in [1.165, 1.54) is 4.90 Å². The van der Waals surface area contributed by atoms with Gasteiger partial charge in [-0.05, 0) is 19.8 Å². The van der Waals surface area contributed by atoms with Gasteiger partial charge in [0.25, 0.3) is 5.91 Å². The van der Waals surface area contributed by atoms with Crippen molar-refractivity contribution in [2.75, 3.05) is 26.0 Å². The number of hydrogen-bond acceptors (Lipinski definition) is 6. The summed E-state index contributed by atoms with van der Waals surface area (Å²) in [6.45, 7) is 2.52. The first kappa shape index (κ1) is 16.9. The molecule has 0 radical (unpaired) electrons. The van der Waals surface area contributed by atoms with Crippen LogP contribution in [-0.2, 0) is 24.3 Å². The van der Waals surface area contributed by atoms with Crippen molar-refractivity contribution in [2.45, 2.75) is 31.8 Å². The molecular formula is C11H21N3O5S. The average molecular weight is 307 g/mol. The van der Waals surface area contributed by atoms with Crippen LogP contribution >= 0.6 is 0 Å². The SMILES string of the molecule is CCOC(=O)C(N)C(=O)N1CCC(NS(C)(=O)=O)CC1. The molecule has 9 heteroatoms. The highest BCUT2D eigenvalue weighted by Gasteiger charge is 2.31. The summed E-state index contributed by atoms with van der Waals surface area (Å²) in [7, 11) is -3.25. The zero-order chi connectivity index (χ0) is 15.3. The monoisotopic (exact) mass is 307 g/mol. The predicted molar refractivity (Wildman–Crippen MR) is 72.2 cm³/mol. The number of sulfonamides is 1. The van der Waals surface area contributed by atoms with Crippen LogP contribution in [0.3, 0.4) is 0 Å². The minimum absolute atomic E-state index is 0.167. The Bertz CT molecular complexity index is 457. The maximum atomic E-state index is 12.0. The van der Waals surface area contributed by atoms with Crippen LogP contribution in [0.15, 0.2) is 0 Å². The number of nitrogens with two attached hydrogens (primary N) is 1. The third kappa shape index (κ3) is 5.06. The van der Waals surface area contributed by atoms with Crippen LogP contribution in [0.2, 0.25) is 0 Å². The van der Waals surface area contributed by atoms with Gasteiger partial charge in [-0.15, -0.1) is 0 Å². The van der Waals surface area contributed by atoms with Crippen molar-refractivity contribution in [1.29, 1.82) is 0 Å². The smallest absolute Gasteiger partial charge is 0.332 e. The van der Waals surface area contributed by atoms with Crippen LogP contribution in [0.4, 0.5) is 0 Å². The Morgan fingerprint density at radius 3 is 2.40 bits per heavy atom. The van der Waals surface area contributed by atoms with Gasteiger partial charge in [-0.1, -0.05) is 0 Å². The van der Waals surface area contributed by atoms with Gasteiger partial charge in [0.15, 0.2) is 6.04 Å². The summed E-state index contributed by atoms with van der Waals surface area (Å²) >= 11 is 0. The number of ether oxygens (including phenoxy) is 1. The molecule has 0 aromatic carbocycles. The van der Waals surface area contributed by atoms with Crippen molar-refractivity contribution in [3.63, 3.8) is 0 Å². The van der Waals surface area contributed by atoms with Gasteiger partial charge in [0.05, 0.1) is 12.9 Å². The van der Waals surface area contributed by atoms with E-state index < -0.39 is 27.9 Å². The minimum atomic E-state index is -3.25. The van der Waals surface area contributed by atoms with E-state index in [9.17, 15) is 18.0 Å². The molecule has 0 spiro atoms. The summed E-state index contributed by atoms with van der Waals surface area (Å²) in [5.74, 6) is -1.23. The lowest BCUT2D eigenvalue weighted by Crippen LogP contribution is -2.53. The second-order valence-corrected chi connectivity index (χ2v) is 6.50. The lowest BCUT2D eigenvalue weighted by atomic mass is 10.1. The van der Waals surface area contributed by atoms with Gasteiger partial charge in [-0.25, -0.2) is 17.9 Å². The third-order valence-corrected chi connectivity index (χ3v) is 3.76. The number of rotatable bonds is 5. The van der Waals surface area contributed by atoms with Crippen molar-refractivity contribution in [3.8, 4) is 0 Å². The van der Waals surface area contributed by atoms with Gasteiger partial charge in [0, 0.05) is 19.1 Å². The molecular weight excluding hydrogens is 286 g/mol. The summed E-state index contributed by atoms with van der Waals surface area (Å²) in [4.78, 5) is 24.8. The Balaban J connectivity index is 2.48. The molecule has 1 heterocycles. The van der Waals surface area contributed by atoms with E-state index in [0.717, 1.165) is 6.26 Å². The van der Waals surface area contributed by atoms with E-state index in [1.807, 2.05) is 0 Å². The van der Waals surface area contributed by atoms with Gasteiger partial charge in [-0.2, -0.15) is 0 Å². The van der Waals surface area contributed by atoms with Gasteiger partial charge < -0.3 is 15.4 Å². The molecule has 1 saturated heterocycles. The van der Waals surface area contributed by atoms with Gasteiger partial charge in [0.2, 0.25) is 10.0 Å². The maximum absolute atomic E-state index is 12.0. The fraction of sp³-hybridized carbons (Fsp3) is 0.818. The standard InChI is InChI=1S/C11H21N3O5S/c1-3-19-11(16)9(12)10(15)14-6-4-8(5-7-14)13-20(2,17)18/h8-9,13H,3-7,12H2,1-2H3. The first-order valence-electron chi connectivity index (χ1n) is 6.43. The van der Waals surface area contributed by atoms with Crippen molar-refractivity contribution < 1.29 is 22.7 Å². The molecule has 1 atom stereocenters. The number of nitrogens with zero attached hydrogens (tertiary/aromatic N) is 1. The fourth-order valence-corrected chi connectivity index (χ4v) is 2.89. The molecule has 3 N–H and O–H groups in total. The molecule has 0 bridgehead atoms. The normalized spacial score (nSPS) is 18.6. The van der Waals surface area contributed by atoms with Crippen molar-refractivity contribution >= 4 is 21.9 Å². The highest BCUT2D eigenvalue weighted by atomic mass is 32.2. The van der Waals surface area contributed by atoms with E-state index in [2.05, 4.69) is 4.72 Å². The summed E-state index contributed by atoms with van der Waals surface area (Å²) in [5.41, 5.74) is 5.54. The minimum Gasteiger partial charge on any atom is -0.464 e. The van der Waals surface area contributed by atoms with Gasteiger partial charge in [-0.3, -0.25) is 4.79 Å². The highest BCUT2D eigenvalue weighted by molar-refractivity contribution is 7.88. The number of piperidine rings is 1. The van der Waals surface area contributed by atoms with E-state index in [0.29, 0.717) is 25.9 Å². The number of esters is 1. The molecule has 1 unspecified atom stereocenters. The number of amides is 1. The molecule has 0 aromatic rings. The first-order valence-corrected chi connectivity index (χ1v) is 8.32. The number of carbonyl (C=O) groups excluding carboxylic acids is 2. The molecule has 0 aliphatic carbocycles. The Hall–Kier alpha value is -1.19. The Morgan fingerprint density at radius 1 is 1.40 bits per heavy atom. The van der Waals surface area contributed by atoms with Crippen LogP contribution in [0.1, 0.15) is 19.8 Å². The number of carbonyl (C=O) groups is 2. The molecule has 0 aromatic heterocycles. The summed E-state index contributed by atoms with van der Waals surface area (Å²) in [6, 6.07) is -1.50. The van der Waals surface area contributed by atoms with E-state index in [1.54, 1.807) is 6.92 Å². The van der Waals surface area contributed by atoms with Crippen molar-refractivity contribution in [1.82, 2.24) is 9.62 Å². The lowest BCUT2D eigenvalue weighted by Gasteiger charge is -2.33. The summed E-state index contributed by atoms with van der Waals surface area (Å²) in [5, 5.41) is 0. The zero-order valence-electron chi connectivity index (χ0n) is 11.7. The molecule has 0 saturated carbocycles. The zero-order valence-corrected chi connectivity index (χ0v) is 12.5. The quantitative estimate of drug-likeness (QED) is 0.467. The lowest BCUT2D eigenvalue weighted by molar-refractivity contribution is -0.151. The number of likely N-dealkylation sites (tertiary alicyclic amines) is 1. The molecule has 1 aliphatic rings. The predicted octanol–water partition coefficient (Wildman–Crippen LogP) is -1.58. The van der Waals surface area contributed by atoms with Crippen molar-refractivity contribution in [2.24, 2.45) is 5.73 Å². The first-order chi connectivity index (χ1) is 9.24. The highest BCUT2D eigenvalue weighted by Crippen LogP contribution is 2.12. The van der Waals surface area contributed by atoms with Crippen LogP contribution in [0.5, 0.6) is 0 Å². The summed E-state index contributed by atoms with van der Waals surface area (Å²) in [6.07, 6.45) is 2.09. The molecule has 8 nitrogen and oxygen atoms in total. The van der Waals surface area contributed by atoms with E-state index in [4.69, 9.17) is 10.5 Å². The van der Waals surface area contributed by atoms with E-state index in [-0.39, 0.29) is 12.6 Å². The van der Waals surface area contributed by atoms with E-state index >= 15 is 0 Å². The third-order valence-electron chi connectivity index (χ3n) is 2.99. The van der Waals surface area contributed by atoms with Crippen LogP contribution in [0.25, 0.3) is 0 Å². The van der Waals surface area contributed by atoms with Gasteiger partial charge in [0.1, 0.15) is 0 Å².